The first-order valence-corrected chi connectivity index (χ1v) is 5.25. The van der Waals surface area contributed by atoms with Crippen LogP contribution in [0.1, 0.15) is 18.9 Å². The summed E-state index contributed by atoms with van der Waals surface area (Å²) in [7, 11) is 0. The zero-order valence-corrected chi connectivity index (χ0v) is 9.40. The van der Waals surface area contributed by atoms with E-state index in [4.69, 9.17) is 15.9 Å². The summed E-state index contributed by atoms with van der Waals surface area (Å²) in [6.07, 6.45) is 5.68. The van der Waals surface area contributed by atoms with E-state index in [-0.39, 0.29) is 6.61 Å². The second-order valence-electron chi connectivity index (χ2n) is 3.14. The molecule has 16 heavy (non-hydrogen) atoms. The number of rotatable bonds is 6. The Morgan fingerprint density at radius 2 is 2.19 bits per heavy atom. The van der Waals surface area contributed by atoms with Gasteiger partial charge in [-0.3, -0.25) is 0 Å². The van der Waals surface area contributed by atoms with Crippen molar-refractivity contribution in [1.82, 2.24) is 0 Å². The topological polar surface area (TPSA) is 38.7 Å². The van der Waals surface area contributed by atoms with Crippen molar-refractivity contribution >= 4 is 0 Å². The molecule has 0 spiro atoms. The number of benzene rings is 1. The molecule has 3 nitrogen and oxygen atoms in total. The largest absolute Gasteiger partial charge is 0.490 e. The molecule has 1 N–H and O–H groups in total. The van der Waals surface area contributed by atoms with E-state index >= 15 is 0 Å². The first-order valence-electron chi connectivity index (χ1n) is 5.25. The zero-order chi connectivity index (χ0) is 11.8. The molecule has 0 fully saturated rings. The molecule has 0 amide bonds. The molecule has 3 heteroatoms. The Labute approximate surface area is 96.0 Å². The first kappa shape index (κ1) is 12.4. The van der Waals surface area contributed by atoms with Crippen molar-refractivity contribution in [1.29, 1.82) is 0 Å². The van der Waals surface area contributed by atoms with Crippen LogP contribution >= 0.6 is 0 Å². The van der Waals surface area contributed by atoms with E-state index < -0.39 is 0 Å². The lowest BCUT2D eigenvalue weighted by Gasteiger charge is -2.14. The van der Waals surface area contributed by atoms with Crippen LogP contribution in [0.25, 0.3) is 0 Å². The summed E-state index contributed by atoms with van der Waals surface area (Å²) in [6, 6.07) is 5.44. The third-order valence-corrected chi connectivity index (χ3v) is 2.02. The lowest BCUT2D eigenvalue weighted by Crippen LogP contribution is -2.03. The summed E-state index contributed by atoms with van der Waals surface area (Å²) in [5, 5.41) is 9.19. The number of ether oxygens (including phenoxy) is 2. The number of para-hydroxylation sites is 1. The fourth-order valence-corrected chi connectivity index (χ4v) is 1.33. The molecule has 0 unspecified atom stereocenters. The van der Waals surface area contributed by atoms with Crippen LogP contribution in [-0.2, 0) is 6.61 Å². The van der Waals surface area contributed by atoms with Crippen molar-refractivity contribution in [3.8, 4) is 23.8 Å². The fraction of sp³-hybridized carbons (Fsp3) is 0.385. The van der Waals surface area contributed by atoms with Gasteiger partial charge in [0.05, 0.1) is 19.8 Å². The van der Waals surface area contributed by atoms with Crippen molar-refractivity contribution in [2.75, 3.05) is 13.2 Å². The number of hydrogen-bond donors (Lipinski definition) is 1. The third-order valence-electron chi connectivity index (χ3n) is 2.02. The van der Waals surface area contributed by atoms with Crippen molar-refractivity contribution in [2.45, 2.75) is 20.0 Å². The van der Waals surface area contributed by atoms with Gasteiger partial charge < -0.3 is 14.6 Å². The van der Waals surface area contributed by atoms with Crippen LogP contribution in [0.4, 0.5) is 0 Å². The summed E-state index contributed by atoms with van der Waals surface area (Å²) in [5.41, 5.74) is 0.711. The molecule has 1 aromatic carbocycles. The summed E-state index contributed by atoms with van der Waals surface area (Å²) >= 11 is 0. The molecular weight excluding hydrogens is 204 g/mol. The fourth-order valence-electron chi connectivity index (χ4n) is 1.33. The highest BCUT2D eigenvalue weighted by Crippen LogP contribution is 2.31. The van der Waals surface area contributed by atoms with Crippen LogP contribution in [-0.4, -0.2) is 18.3 Å². The standard InChI is InChI=1S/C13H16O3/c1-3-5-9-16-13-11(10-14)7-6-8-12(13)15-4-2/h1,6-8,14H,4-5,9-10H2,2H3. The maximum Gasteiger partial charge on any atom is 0.166 e. The van der Waals surface area contributed by atoms with E-state index in [9.17, 15) is 5.11 Å². The van der Waals surface area contributed by atoms with Gasteiger partial charge in [-0.25, -0.2) is 0 Å². The molecule has 0 bridgehead atoms. The summed E-state index contributed by atoms with van der Waals surface area (Å²) in [4.78, 5) is 0. The molecule has 86 valence electrons. The molecule has 0 aliphatic rings. The van der Waals surface area contributed by atoms with Gasteiger partial charge in [-0.2, -0.15) is 0 Å². The molecule has 0 aliphatic carbocycles. The highest BCUT2D eigenvalue weighted by Gasteiger charge is 2.09. The number of aliphatic hydroxyl groups is 1. The Hall–Kier alpha value is -1.66. The molecule has 0 saturated carbocycles. The van der Waals surface area contributed by atoms with Crippen LogP contribution in [0.2, 0.25) is 0 Å². The molecule has 0 heterocycles. The van der Waals surface area contributed by atoms with E-state index in [1.54, 1.807) is 6.07 Å². The SMILES string of the molecule is C#CCCOc1c(CO)cccc1OCC. The quantitative estimate of drug-likeness (QED) is 0.588. The minimum atomic E-state index is -0.0771. The number of terminal acetylenes is 1. The van der Waals surface area contributed by atoms with Crippen molar-refractivity contribution in [2.24, 2.45) is 0 Å². The monoisotopic (exact) mass is 220 g/mol. The number of aliphatic hydroxyl groups excluding tert-OH is 1. The minimum absolute atomic E-state index is 0.0771. The average molecular weight is 220 g/mol. The third kappa shape index (κ3) is 3.18. The first-order chi connectivity index (χ1) is 7.83. The van der Waals surface area contributed by atoms with Gasteiger partial charge in [0.15, 0.2) is 11.5 Å². The summed E-state index contributed by atoms with van der Waals surface area (Å²) in [5.74, 6) is 3.73. The average Bonchev–Trinajstić information content (AvgIpc) is 2.31. The van der Waals surface area contributed by atoms with E-state index in [1.165, 1.54) is 0 Å². The van der Waals surface area contributed by atoms with Gasteiger partial charge >= 0.3 is 0 Å². The van der Waals surface area contributed by atoms with Crippen LogP contribution in [0.15, 0.2) is 18.2 Å². The Kier molecular flexibility index (Phi) is 5.24. The minimum Gasteiger partial charge on any atom is -0.490 e. The summed E-state index contributed by atoms with van der Waals surface area (Å²) < 4.78 is 10.9. The van der Waals surface area contributed by atoms with Gasteiger partial charge in [-0.05, 0) is 13.0 Å². The second kappa shape index (κ2) is 6.76. The van der Waals surface area contributed by atoms with Crippen LogP contribution in [0.5, 0.6) is 11.5 Å². The molecule has 0 atom stereocenters. The lowest BCUT2D eigenvalue weighted by atomic mass is 10.2. The predicted molar refractivity (Wildman–Crippen MR) is 62.5 cm³/mol. The highest BCUT2D eigenvalue weighted by molar-refractivity contribution is 5.46. The van der Waals surface area contributed by atoms with Gasteiger partial charge in [0.1, 0.15) is 0 Å². The van der Waals surface area contributed by atoms with Gasteiger partial charge in [0, 0.05) is 12.0 Å². The Balaban J connectivity index is 2.86. The molecule has 0 radical (unpaired) electrons. The van der Waals surface area contributed by atoms with Gasteiger partial charge in [0.25, 0.3) is 0 Å². The van der Waals surface area contributed by atoms with Gasteiger partial charge in [-0.15, -0.1) is 12.3 Å². The van der Waals surface area contributed by atoms with E-state index in [1.807, 2.05) is 19.1 Å². The van der Waals surface area contributed by atoms with E-state index in [0.717, 1.165) is 0 Å². The van der Waals surface area contributed by atoms with Crippen molar-refractivity contribution in [3.63, 3.8) is 0 Å². The Morgan fingerprint density at radius 3 is 2.81 bits per heavy atom. The Morgan fingerprint density at radius 1 is 1.38 bits per heavy atom. The smallest absolute Gasteiger partial charge is 0.166 e. The molecule has 1 aromatic rings. The molecule has 1 rings (SSSR count). The molecular formula is C13H16O3. The van der Waals surface area contributed by atoms with Crippen LogP contribution in [0.3, 0.4) is 0 Å². The van der Waals surface area contributed by atoms with Gasteiger partial charge in [-0.1, -0.05) is 12.1 Å². The summed E-state index contributed by atoms with van der Waals surface area (Å²) in [6.45, 7) is 2.80. The normalized spacial score (nSPS) is 9.56. The van der Waals surface area contributed by atoms with E-state index in [0.29, 0.717) is 36.7 Å². The van der Waals surface area contributed by atoms with Crippen molar-refractivity contribution in [3.05, 3.63) is 23.8 Å². The van der Waals surface area contributed by atoms with Crippen molar-refractivity contribution < 1.29 is 14.6 Å². The maximum atomic E-state index is 9.19. The van der Waals surface area contributed by atoms with E-state index in [2.05, 4.69) is 5.92 Å². The highest BCUT2D eigenvalue weighted by atomic mass is 16.5. The molecule has 0 aromatic heterocycles. The zero-order valence-electron chi connectivity index (χ0n) is 9.40. The van der Waals surface area contributed by atoms with Crippen LogP contribution < -0.4 is 9.47 Å². The van der Waals surface area contributed by atoms with Crippen LogP contribution in [0, 0.1) is 12.3 Å². The van der Waals surface area contributed by atoms with Gasteiger partial charge in [0.2, 0.25) is 0 Å². The predicted octanol–water partition coefficient (Wildman–Crippen LogP) is 1.98. The lowest BCUT2D eigenvalue weighted by molar-refractivity contribution is 0.251. The maximum absolute atomic E-state index is 9.19. The second-order valence-corrected chi connectivity index (χ2v) is 3.14. The molecule has 0 saturated heterocycles. The Bertz CT molecular complexity index is 366. The molecule has 0 aliphatic heterocycles. The number of hydrogen-bond acceptors (Lipinski definition) is 3.